The monoisotopic (exact) mass is 233 g/mol. The molecule has 1 aromatic carbocycles. The molecule has 92 valence electrons. The molecule has 0 radical (unpaired) electrons. The Kier molecular flexibility index (Phi) is 3.33. The molecule has 0 aliphatic carbocycles. The van der Waals surface area contributed by atoms with Gasteiger partial charge in [0.1, 0.15) is 6.04 Å². The molecule has 1 heterocycles. The summed E-state index contributed by atoms with van der Waals surface area (Å²) < 4.78 is 0. The lowest BCUT2D eigenvalue weighted by Crippen LogP contribution is -2.47. The quantitative estimate of drug-likeness (QED) is 0.801. The second kappa shape index (κ2) is 4.75. The van der Waals surface area contributed by atoms with E-state index in [1.165, 1.54) is 16.8 Å². The molecular formula is C13H19N3O. The van der Waals surface area contributed by atoms with E-state index in [1.807, 2.05) is 0 Å². The lowest BCUT2D eigenvalue weighted by Gasteiger charge is -2.32. The Balaban J connectivity index is 2.20. The fraction of sp³-hybridized carbons (Fsp3) is 0.462. The highest BCUT2D eigenvalue weighted by Gasteiger charge is 2.20. The smallest absolute Gasteiger partial charge is 0.236 e. The van der Waals surface area contributed by atoms with Crippen molar-refractivity contribution in [2.45, 2.75) is 25.8 Å². The van der Waals surface area contributed by atoms with Gasteiger partial charge in [0.05, 0.1) is 0 Å². The van der Waals surface area contributed by atoms with E-state index in [2.05, 4.69) is 30.0 Å². The van der Waals surface area contributed by atoms with Crippen molar-refractivity contribution in [1.29, 1.82) is 0 Å². The first-order valence-corrected chi connectivity index (χ1v) is 5.97. The van der Waals surface area contributed by atoms with Crippen LogP contribution >= 0.6 is 0 Å². The van der Waals surface area contributed by atoms with Gasteiger partial charge in [-0.3, -0.25) is 4.79 Å². The number of carbonyl (C=O) groups is 1. The van der Waals surface area contributed by atoms with Crippen LogP contribution in [0.4, 0.5) is 5.69 Å². The van der Waals surface area contributed by atoms with Crippen molar-refractivity contribution in [3.8, 4) is 0 Å². The van der Waals surface area contributed by atoms with E-state index in [1.54, 1.807) is 0 Å². The Labute approximate surface area is 102 Å². The normalized spacial score (nSPS) is 16.5. The Morgan fingerprint density at radius 2 is 2.29 bits per heavy atom. The van der Waals surface area contributed by atoms with E-state index in [0.29, 0.717) is 6.54 Å². The van der Waals surface area contributed by atoms with Gasteiger partial charge >= 0.3 is 0 Å². The largest absolute Gasteiger partial charge is 0.369 e. The number of primary amides is 1. The third-order valence-corrected chi connectivity index (χ3v) is 3.23. The summed E-state index contributed by atoms with van der Waals surface area (Å²) >= 11 is 0. The van der Waals surface area contributed by atoms with Crippen LogP contribution in [0.15, 0.2) is 18.2 Å². The molecule has 1 unspecified atom stereocenters. The van der Waals surface area contributed by atoms with Gasteiger partial charge in [0.2, 0.25) is 5.91 Å². The zero-order valence-electron chi connectivity index (χ0n) is 10.1. The molecule has 17 heavy (non-hydrogen) atoms. The molecule has 0 fully saturated rings. The minimum absolute atomic E-state index is 0.441. The van der Waals surface area contributed by atoms with Gasteiger partial charge in [-0.1, -0.05) is 17.7 Å². The molecule has 0 bridgehead atoms. The summed E-state index contributed by atoms with van der Waals surface area (Å²) in [4.78, 5) is 13.2. The van der Waals surface area contributed by atoms with E-state index in [9.17, 15) is 4.79 Å². The Morgan fingerprint density at radius 3 is 3.00 bits per heavy atom. The molecule has 1 atom stereocenters. The fourth-order valence-electron chi connectivity index (χ4n) is 2.32. The maximum Gasteiger partial charge on any atom is 0.236 e. The molecule has 0 spiro atoms. The fourth-order valence-corrected chi connectivity index (χ4v) is 2.32. The third kappa shape index (κ3) is 2.58. The maximum absolute atomic E-state index is 11.0. The first-order chi connectivity index (χ1) is 8.08. The number of anilines is 1. The number of fused-ring (bicyclic) bond motifs is 1. The summed E-state index contributed by atoms with van der Waals surface area (Å²) in [6, 6.07) is 5.81. The number of carbonyl (C=O) groups excluding carboxylic acids is 1. The predicted octanol–water partition coefficient (Wildman–Crippen LogP) is 0.560. The van der Waals surface area contributed by atoms with Crippen LogP contribution in [0.1, 0.15) is 17.5 Å². The molecule has 0 aromatic heterocycles. The van der Waals surface area contributed by atoms with Gasteiger partial charge in [0, 0.05) is 18.8 Å². The molecule has 0 saturated heterocycles. The van der Waals surface area contributed by atoms with Crippen molar-refractivity contribution in [3.63, 3.8) is 0 Å². The van der Waals surface area contributed by atoms with Gasteiger partial charge in [-0.05, 0) is 31.4 Å². The Hall–Kier alpha value is -1.55. The third-order valence-electron chi connectivity index (χ3n) is 3.23. The van der Waals surface area contributed by atoms with Gasteiger partial charge in [0.25, 0.3) is 0 Å². The summed E-state index contributed by atoms with van der Waals surface area (Å²) in [6.45, 7) is 3.54. The van der Waals surface area contributed by atoms with Crippen LogP contribution in [0, 0.1) is 6.92 Å². The summed E-state index contributed by atoms with van der Waals surface area (Å²) in [7, 11) is 0. The minimum atomic E-state index is -0.595. The van der Waals surface area contributed by atoms with Crippen molar-refractivity contribution in [2.24, 2.45) is 11.5 Å². The van der Waals surface area contributed by atoms with E-state index in [-0.39, 0.29) is 0 Å². The van der Waals surface area contributed by atoms with Crippen LogP contribution in [0.5, 0.6) is 0 Å². The van der Waals surface area contributed by atoms with Crippen LogP contribution in [0.3, 0.4) is 0 Å². The van der Waals surface area contributed by atoms with E-state index < -0.39 is 11.9 Å². The molecule has 0 saturated carbocycles. The van der Waals surface area contributed by atoms with Crippen LogP contribution < -0.4 is 16.4 Å². The molecule has 2 rings (SSSR count). The van der Waals surface area contributed by atoms with Crippen molar-refractivity contribution in [1.82, 2.24) is 0 Å². The topological polar surface area (TPSA) is 72.3 Å². The average Bonchev–Trinajstić information content (AvgIpc) is 2.28. The van der Waals surface area contributed by atoms with Crippen molar-refractivity contribution >= 4 is 11.6 Å². The van der Waals surface area contributed by atoms with Crippen molar-refractivity contribution in [3.05, 3.63) is 29.3 Å². The molecule has 4 nitrogen and oxygen atoms in total. The number of rotatable bonds is 3. The lowest BCUT2D eigenvalue weighted by atomic mass is 9.99. The minimum Gasteiger partial charge on any atom is -0.369 e. The molecular weight excluding hydrogens is 214 g/mol. The highest BCUT2D eigenvalue weighted by molar-refractivity contribution is 5.80. The van der Waals surface area contributed by atoms with Gasteiger partial charge < -0.3 is 16.4 Å². The first-order valence-electron chi connectivity index (χ1n) is 5.97. The van der Waals surface area contributed by atoms with Gasteiger partial charge in [0.15, 0.2) is 0 Å². The maximum atomic E-state index is 11.0. The van der Waals surface area contributed by atoms with Crippen LogP contribution in [0.25, 0.3) is 0 Å². The number of hydrogen-bond acceptors (Lipinski definition) is 3. The SMILES string of the molecule is Cc1ccc2c(c1)CCCN2CC(N)C(N)=O. The zero-order valence-corrected chi connectivity index (χ0v) is 10.1. The molecule has 1 aliphatic heterocycles. The van der Waals surface area contributed by atoms with E-state index in [4.69, 9.17) is 11.5 Å². The summed E-state index contributed by atoms with van der Waals surface area (Å²) in [5.41, 5.74) is 14.7. The van der Waals surface area contributed by atoms with Crippen molar-refractivity contribution < 1.29 is 4.79 Å². The number of nitrogens with zero attached hydrogens (tertiary/aromatic N) is 1. The first kappa shape index (κ1) is 11.9. The van der Waals surface area contributed by atoms with Gasteiger partial charge in [-0.2, -0.15) is 0 Å². The summed E-state index contributed by atoms with van der Waals surface area (Å²) in [6.07, 6.45) is 2.20. The van der Waals surface area contributed by atoms with Gasteiger partial charge in [-0.15, -0.1) is 0 Å². The predicted molar refractivity (Wildman–Crippen MR) is 68.9 cm³/mol. The highest BCUT2D eigenvalue weighted by atomic mass is 16.1. The molecule has 4 heteroatoms. The Morgan fingerprint density at radius 1 is 1.53 bits per heavy atom. The second-order valence-electron chi connectivity index (χ2n) is 4.69. The van der Waals surface area contributed by atoms with E-state index >= 15 is 0 Å². The zero-order chi connectivity index (χ0) is 12.4. The number of nitrogens with two attached hydrogens (primary N) is 2. The van der Waals surface area contributed by atoms with Crippen LogP contribution in [-0.2, 0) is 11.2 Å². The van der Waals surface area contributed by atoms with Gasteiger partial charge in [-0.25, -0.2) is 0 Å². The number of aryl methyl sites for hydroxylation is 2. The number of benzene rings is 1. The Bertz CT molecular complexity index is 431. The highest BCUT2D eigenvalue weighted by Crippen LogP contribution is 2.27. The molecule has 1 aliphatic rings. The van der Waals surface area contributed by atoms with E-state index in [0.717, 1.165) is 19.4 Å². The molecule has 4 N–H and O–H groups in total. The van der Waals surface area contributed by atoms with Crippen molar-refractivity contribution in [2.75, 3.05) is 18.0 Å². The van der Waals surface area contributed by atoms with Crippen LogP contribution in [-0.4, -0.2) is 25.0 Å². The van der Waals surface area contributed by atoms with Crippen LogP contribution in [0.2, 0.25) is 0 Å². The summed E-state index contributed by atoms with van der Waals surface area (Å²) in [5, 5.41) is 0. The number of hydrogen-bond donors (Lipinski definition) is 2. The summed E-state index contributed by atoms with van der Waals surface area (Å²) in [5.74, 6) is -0.441. The number of amides is 1. The lowest BCUT2D eigenvalue weighted by molar-refractivity contribution is -0.119. The molecule has 1 aromatic rings. The second-order valence-corrected chi connectivity index (χ2v) is 4.69. The average molecular weight is 233 g/mol. The standard InChI is InChI=1S/C13H19N3O/c1-9-4-5-12-10(7-9)3-2-6-16(12)8-11(14)13(15)17/h4-5,7,11H,2-3,6,8,14H2,1H3,(H2,15,17). The molecule has 1 amide bonds.